The molecule has 1 atom stereocenters. The Labute approximate surface area is 85.3 Å². The van der Waals surface area contributed by atoms with Crippen LogP contribution in [0.5, 0.6) is 0 Å². The highest BCUT2D eigenvalue weighted by Crippen LogP contribution is 2.24. The molecule has 1 rings (SSSR count). The lowest BCUT2D eigenvalue weighted by Crippen LogP contribution is -2.35. The lowest BCUT2D eigenvalue weighted by atomic mass is 10.0. The van der Waals surface area contributed by atoms with Crippen molar-refractivity contribution in [3.05, 3.63) is 10.3 Å². The molecule has 2 N–H and O–H groups in total. The van der Waals surface area contributed by atoms with E-state index in [0.29, 0.717) is 16.8 Å². The van der Waals surface area contributed by atoms with Crippen LogP contribution in [0.1, 0.15) is 12.6 Å². The van der Waals surface area contributed by atoms with Crippen LogP contribution in [0, 0.1) is 0 Å². The van der Waals surface area contributed by atoms with Gasteiger partial charge in [-0.15, -0.1) is 5.10 Å². The average molecular weight is 249 g/mol. The Hall–Kier alpha value is -0.460. The summed E-state index contributed by atoms with van der Waals surface area (Å²) in [5.41, 5.74) is -0.298. The summed E-state index contributed by atoms with van der Waals surface area (Å²) in [5, 5.41) is 20.6. The fourth-order valence-electron chi connectivity index (χ4n) is 1.33. The summed E-state index contributed by atoms with van der Waals surface area (Å²) in [7, 11) is 3.53. The molecule has 0 radical (unpaired) electrons. The van der Waals surface area contributed by atoms with Crippen LogP contribution < -0.4 is 5.32 Å². The first kappa shape index (κ1) is 10.6. The molecule has 1 heterocycles. The van der Waals surface area contributed by atoms with E-state index in [2.05, 4.69) is 31.6 Å². The molecule has 0 amide bonds. The molecule has 0 aliphatic heterocycles. The van der Waals surface area contributed by atoms with E-state index in [1.165, 1.54) is 0 Å². The zero-order chi connectivity index (χ0) is 10.1. The third-order valence-corrected chi connectivity index (χ3v) is 2.35. The number of aryl methyl sites for hydroxylation is 1. The number of likely N-dealkylation sites (N-methyl/N-ethyl adjacent to an activating group) is 1. The van der Waals surface area contributed by atoms with Gasteiger partial charge in [0.1, 0.15) is 11.3 Å². The standard InChI is InChI=1S/C7H13BrN4O/c1-7(13,4-9-2)5-6(8)10-11-12(5)3/h9,13H,4H2,1-3H3. The zero-order valence-electron chi connectivity index (χ0n) is 7.87. The second-order valence-corrected chi connectivity index (χ2v) is 3.91. The van der Waals surface area contributed by atoms with Crippen molar-refractivity contribution in [1.82, 2.24) is 20.3 Å². The summed E-state index contributed by atoms with van der Waals surface area (Å²) in [6.07, 6.45) is 0. The number of nitrogens with one attached hydrogen (secondary N) is 1. The van der Waals surface area contributed by atoms with Gasteiger partial charge in [0, 0.05) is 13.6 Å². The molecule has 74 valence electrons. The topological polar surface area (TPSA) is 63.0 Å². The van der Waals surface area contributed by atoms with Gasteiger partial charge in [-0.2, -0.15) is 0 Å². The highest BCUT2D eigenvalue weighted by molar-refractivity contribution is 9.10. The maximum atomic E-state index is 10.0. The second kappa shape index (κ2) is 3.73. The summed E-state index contributed by atoms with van der Waals surface area (Å²) >= 11 is 3.24. The predicted molar refractivity (Wildman–Crippen MR) is 52.2 cm³/mol. The zero-order valence-corrected chi connectivity index (χ0v) is 9.46. The van der Waals surface area contributed by atoms with Crippen LogP contribution >= 0.6 is 15.9 Å². The summed E-state index contributed by atoms with van der Waals surface area (Å²) < 4.78 is 2.14. The lowest BCUT2D eigenvalue weighted by molar-refractivity contribution is 0.0499. The molecule has 1 aromatic heterocycles. The van der Waals surface area contributed by atoms with Crippen molar-refractivity contribution in [2.45, 2.75) is 12.5 Å². The average Bonchev–Trinajstić information content (AvgIpc) is 2.31. The highest BCUT2D eigenvalue weighted by Gasteiger charge is 2.29. The minimum absolute atomic E-state index is 0.451. The van der Waals surface area contributed by atoms with Crippen molar-refractivity contribution in [2.24, 2.45) is 7.05 Å². The number of hydrogen-bond donors (Lipinski definition) is 2. The number of nitrogens with zero attached hydrogens (tertiary/aromatic N) is 3. The third kappa shape index (κ3) is 2.07. The van der Waals surface area contributed by atoms with E-state index in [-0.39, 0.29) is 0 Å². The molecular weight excluding hydrogens is 236 g/mol. The largest absolute Gasteiger partial charge is 0.382 e. The Morgan fingerprint density at radius 1 is 1.69 bits per heavy atom. The fraction of sp³-hybridized carbons (Fsp3) is 0.714. The van der Waals surface area contributed by atoms with E-state index >= 15 is 0 Å². The predicted octanol–water partition coefficient (Wildman–Crippen LogP) is 0.00450. The van der Waals surface area contributed by atoms with E-state index < -0.39 is 5.60 Å². The number of halogens is 1. The first-order valence-corrected chi connectivity index (χ1v) is 4.71. The van der Waals surface area contributed by atoms with E-state index in [1.807, 2.05) is 0 Å². The SMILES string of the molecule is CNCC(C)(O)c1c(Br)nnn1C. The van der Waals surface area contributed by atoms with Crippen LogP contribution in [0.15, 0.2) is 4.60 Å². The van der Waals surface area contributed by atoms with Crippen LogP contribution in [-0.2, 0) is 12.6 Å². The molecule has 0 aliphatic carbocycles. The summed E-state index contributed by atoms with van der Waals surface area (Å²) in [6.45, 7) is 2.17. The molecule has 0 aromatic carbocycles. The van der Waals surface area contributed by atoms with Gasteiger partial charge in [0.2, 0.25) is 0 Å². The number of aliphatic hydroxyl groups is 1. The number of aromatic nitrogens is 3. The molecule has 1 aromatic rings. The van der Waals surface area contributed by atoms with Gasteiger partial charge in [-0.3, -0.25) is 0 Å². The number of rotatable bonds is 3. The smallest absolute Gasteiger partial charge is 0.154 e. The maximum absolute atomic E-state index is 10.0. The van der Waals surface area contributed by atoms with E-state index in [4.69, 9.17) is 0 Å². The first-order valence-electron chi connectivity index (χ1n) is 3.91. The van der Waals surface area contributed by atoms with Crippen LogP contribution in [-0.4, -0.2) is 33.7 Å². The van der Waals surface area contributed by atoms with E-state index in [9.17, 15) is 5.11 Å². The molecule has 1 unspecified atom stereocenters. The van der Waals surface area contributed by atoms with E-state index in [1.54, 1.807) is 25.7 Å². The van der Waals surface area contributed by atoms with Crippen molar-refractivity contribution >= 4 is 15.9 Å². The molecule has 0 spiro atoms. The number of hydrogen-bond acceptors (Lipinski definition) is 4. The van der Waals surface area contributed by atoms with Crippen molar-refractivity contribution < 1.29 is 5.11 Å². The molecule has 0 saturated carbocycles. The lowest BCUT2D eigenvalue weighted by Gasteiger charge is -2.22. The van der Waals surface area contributed by atoms with Crippen LogP contribution in [0.25, 0.3) is 0 Å². The molecule has 0 fully saturated rings. The monoisotopic (exact) mass is 248 g/mol. The molecule has 5 nitrogen and oxygen atoms in total. The summed E-state index contributed by atoms with van der Waals surface area (Å²) in [6, 6.07) is 0. The Bertz CT molecular complexity index is 277. The Kier molecular flexibility index (Phi) is 3.05. The molecular formula is C7H13BrN4O. The van der Waals surface area contributed by atoms with Crippen molar-refractivity contribution in [1.29, 1.82) is 0 Å². The van der Waals surface area contributed by atoms with Gasteiger partial charge >= 0.3 is 0 Å². The van der Waals surface area contributed by atoms with Crippen molar-refractivity contribution in [2.75, 3.05) is 13.6 Å². The molecule has 0 saturated heterocycles. The van der Waals surface area contributed by atoms with Crippen molar-refractivity contribution in [3.8, 4) is 0 Å². The van der Waals surface area contributed by atoms with Crippen molar-refractivity contribution in [3.63, 3.8) is 0 Å². The normalized spacial score (nSPS) is 15.8. The van der Waals surface area contributed by atoms with Gasteiger partial charge in [0.15, 0.2) is 4.60 Å². The first-order chi connectivity index (χ1) is 5.99. The Morgan fingerprint density at radius 3 is 2.69 bits per heavy atom. The van der Waals surface area contributed by atoms with Gasteiger partial charge in [-0.05, 0) is 29.9 Å². The minimum Gasteiger partial charge on any atom is -0.382 e. The molecule has 0 bridgehead atoms. The van der Waals surface area contributed by atoms with Gasteiger partial charge in [-0.1, -0.05) is 5.21 Å². The van der Waals surface area contributed by atoms with Crippen LogP contribution in [0.2, 0.25) is 0 Å². The Balaban J connectivity index is 3.05. The highest BCUT2D eigenvalue weighted by atomic mass is 79.9. The van der Waals surface area contributed by atoms with Gasteiger partial charge in [-0.25, -0.2) is 4.68 Å². The fourth-order valence-corrected chi connectivity index (χ4v) is 2.09. The van der Waals surface area contributed by atoms with Crippen LogP contribution in [0.3, 0.4) is 0 Å². The van der Waals surface area contributed by atoms with Gasteiger partial charge in [0.05, 0.1) is 0 Å². The molecule has 13 heavy (non-hydrogen) atoms. The van der Waals surface area contributed by atoms with Gasteiger partial charge < -0.3 is 10.4 Å². The molecule has 0 aliphatic rings. The maximum Gasteiger partial charge on any atom is 0.154 e. The Morgan fingerprint density at radius 2 is 2.31 bits per heavy atom. The quantitative estimate of drug-likeness (QED) is 0.791. The van der Waals surface area contributed by atoms with Gasteiger partial charge in [0.25, 0.3) is 0 Å². The summed E-state index contributed by atoms with van der Waals surface area (Å²) in [4.78, 5) is 0. The minimum atomic E-state index is -0.966. The summed E-state index contributed by atoms with van der Waals surface area (Å²) in [5.74, 6) is 0. The third-order valence-electron chi connectivity index (χ3n) is 1.82. The van der Waals surface area contributed by atoms with Crippen LogP contribution in [0.4, 0.5) is 0 Å². The van der Waals surface area contributed by atoms with E-state index in [0.717, 1.165) is 0 Å². The second-order valence-electron chi connectivity index (χ2n) is 3.16. The molecule has 6 heteroatoms.